The zero-order valence-electron chi connectivity index (χ0n) is 10.6. The number of hydrogen-bond donors (Lipinski definition) is 1. The number of morpholine rings is 1. The van der Waals surface area contributed by atoms with E-state index in [1.54, 1.807) is 0 Å². The van der Waals surface area contributed by atoms with E-state index in [1.807, 2.05) is 0 Å². The average Bonchev–Trinajstić information content (AvgIpc) is 2.32. The summed E-state index contributed by atoms with van der Waals surface area (Å²) < 4.78 is 32.4. The van der Waals surface area contributed by atoms with Crippen LogP contribution in [0.25, 0.3) is 0 Å². The Kier molecular flexibility index (Phi) is 4.03. The van der Waals surface area contributed by atoms with Crippen LogP contribution < -0.4 is 5.32 Å². The Balaban J connectivity index is 2.00. The number of rotatable bonds is 3. The quantitative estimate of drug-likeness (QED) is 0.827. The topological polar surface area (TPSA) is 21.3 Å². The fourth-order valence-corrected chi connectivity index (χ4v) is 3.08. The van der Waals surface area contributed by atoms with E-state index >= 15 is 0 Å². The van der Waals surface area contributed by atoms with Crippen molar-refractivity contribution >= 4 is 0 Å². The lowest BCUT2D eigenvalue weighted by atomic mass is 9.75. The van der Waals surface area contributed by atoms with Gasteiger partial charge in [-0.15, -0.1) is 0 Å². The van der Waals surface area contributed by atoms with E-state index in [4.69, 9.17) is 4.74 Å². The van der Waals surface area contributed by atoms with Gasteiger partial charge in [-0.3, -0.25) is 0 Å². The molecule has 1 unspecified atom stereocenters. The Hall–Kier alpha value is -0.220. The zero-order valence-corrected chi connectivity index (χ0v) is 10.6. The standard InChI is InChI=1S/C13H23F2NO/c1-2-3-4-11-12(17-10-9-16-11)5-7-13(14,15)8-6-12/h11,16H,2-10H2,1H3. The van der Waals surface area contributed by atoms with Gasteiger partial charge < -0.3 is 10.1 Å². The van der Waals surface area contributed by atoms with Crippen LogP contribution in [-0.4, -0.2) is 30.7 Å². The van der Waals surface area contributed by atoms with Crippen LogP contribution in [0.2, 0.25) is 0 Å². The number of unbranched alkanes of at least 4 members (excludes halogenated alkanes) is 1. The smallest absolute Gasteiger partial charge is 0.248 e. The minimum Gasteiger partial charge on any atom is -0.372 e. The molecule has 0 amide bonds. The molecule has 0 aromatic heterocycles. The Labute approximate surface area is 102 Å². The Bertz CT molecular complexity index is 248. The fourth-order valence-electron chi connectivity index (χ4n) is 3.08. The second kappa shape index (κ2) is 5.19. The Morgan fingerprint density at radius 2 is 1.94 bits per heavy atom. The van der Waals surface area contributed by atoms with Gasteiger partial charge in [-0.2, -0.15) is 0 Å². The van der Waals surface area contributed by atoms with Crippen LogP contribution in [0.15, 0.2) is 0 Å². The molecule has 1 heterocycles. The lowest BCUT2D eigenvalue weighted by Gasteiger charge is -2.48. The van der Waals surface area contributed by atoms with E-state index in [0.29, 0.717) is 19.4 Å². The molecular formula is C13H23F2NO. The summed E-state index contributed by atoms with van der Waals surface area (Å²) in [6, 6.07) is 0.271. The van der Waals surface area contributed by atoms with Crippen molar-refractivity contribution in [2.45, 2.75) is 69.4 Å². The first-order chi connectivity index (χ1) is 8.08. The highest BCUT2D eigenvalue weighted by Gasteiger charge is 2.49. The highest BCUT2D eigenvalue weighted by Crippen LogP contribution is 2.43. The predicted octanol–water partition coefficient (Wildman–Crippen LogP) is 3.11. The van der Waals surface area contributed by atoms with Crippen molar-refractivity contribution in [2.75, 3.05) is 13.2 Å². The van der Waals surface area contributed by atoms with Gasteiger partial charge in [0, 0.05) is 25.4 Å². The van der Waals surface area contributed by atoms with E-state index in [1.165, 1.54) is 0 Å². The molecule has 0 bridgehead atoms. The van der Waals surface area contributed by atoms with Gasteiger partial charge in [0.2, 0.25) is 5.92 Å². The third-order valence-corrected chi connectivity index (χ3v) is 4.19. The van der Waals surface area contributed by atoms with Crippen LogP contribution in [0.5, 0.6) is 0 Å². The van der Waals surface area contributed by atoms with Crippen LogP contribution in [-0.2, 0) is 4.74 Å². The second-order valence-electron chi connectivity index (χ2n) is 5.42. The van der Waals surface area contributed by atoms with Crippen molar-refractivity contribution in [3.8, 4) is 0 Å². The molecule has 0 aromatic carbocycles. The van der Waals surface area contributed by atoms with E-state index in [2.05, 4.69) is 12.2 Å². The molecule has 17 heavy (non-hydrogen) atoms. The summed E-state index contributed by atoms with van der Waals surface area (Å²) >= 11 is 0. The van der Waals surface area contributed by atoms with Crippen molar-refractivity contribution in [3.63, 3.8) is 0 Å². The van der Waals surface area contributed by atoms with Crippen molar-refractivity contribution in [2.24, 2.45) is 0 Å². The largest absolute Gasteiger partial charge is 0.372 e. The molecule has 1 N–H and O–H groups in total. The molecule has 1 saturated carbocycles. The molecule has 100 valence electrons. The lowest BCUT2D eigenvalue weighted by molar-refractivity contribution is -0.162. The van der Waals surface area contributed by atoms with Gasteiger partial charge in [-0.05, 0) is 19.3 Å². The van der Waals surface area contributed by atoms with Crippen LogP contribution in [0.4, 0.5) is 8.78 Å². The molecule has 4 heteroatoms. The van der Waals surface area contributed by atoms with Gasteiger partial charge >= 0.3 is 0 Å². The van der Waals surface area contributed by atoms with Gasteiger partial charge in [0.1, 0.15) is 0 Å². The van der Waals surface area contributed by atoms with Crippen molar-refractivity contribution < 1.29 is 13.5 Å². The van der Waals surface area contributed by atoms with E-state index in [0.717, 1.165) is 25.8 Å². The molecule has 0 radical (unpaired) electrons. The molecule has 1 aliphatic heterocycles. The molecule has 1 aliphatic carbocycles. The third-order valence-electron chi connectivity index (χ3n) is 4.19. The van der Waals surface area contributed by atoms with Crippen molar-refractivity contribution in [1.29, 1.82) is 0 Å². The lowest BCUT2D eigenvalue weighted by Crippen LogP contribution is -2.60. The summed E-state index contributed by atoms with van der Waals surface area (Å²) in [4.78, 5) is 0. The number of halogens is 2. The third kappa shape index (κ3) is 2.97. The van der Waals surface area contributed by atoms with Crippen LogP contribution in [0.3, 0.4) is 0 Å². The van der Waals surface area contributed by atoms with Gasteiger partial charge in [0.25, 0.3) is 0 Å². The first-order valence-electron chi connectivity index (χ1n) is 6.83. The fraction of sp³-hybridized carbons (Fsp3) is 1.00. The van der Waals surface area contributed by atoms with Crippen LogP contribution in [0.1, 0.15) is 51.9 Å². The highest BCUT2D eigenvalue weighted by atomic mass is 19.3. The second-order valence-corrected chi connectivity index (χ2v) is 5.42. The monoisotopic (exact) mass is 247 g/mol. The molecule has 2 aliphatic rings. The van der Waals surface area contributed by atoms with Crippen molar-refractivity contribution in [1.82, 2.24) is 5.32 Å². The Morgan fingerprint density at radius 1 is 1.24 bits per heavy atom. The zero-order chi connectivity index (χ0) is 12.4. The van der Waals surface area contributed by atoms with Gasteiger partial charge in [-0.1, -0.05) is 19.8 Å². The van der Waals surface area contributed by atoms with Crippen LogP contribution >= 0.6 is 0 Å². The van der Waals surface area contributed by atoms with Gasteiger partial charge in [0.05, 0.1) is 12.2 Å². The minimum absolute atomic E-state index is 0.0166. The normalized spacial score (nSPS) is 31.6. The molecule has 1 saturated heterocycles. The average molecular weight is 247 g/mol. The number of alkyl halides is 2. The number of ether oxygens (including phenoxy) is 1. The van der Waals surface area contributed by atoms with E-state index in [9.17, 15) is 8.78 Å². The summed E-state index contributed by atoms with van der Waals surface area (Å²) in [5.41, 5.74) is -0.310. The van der Waals surface area contributed by atoms with Gasteiger partial charge in [-0.25, -0.2) is 8.78 Å². The predicted molar refractivity (Wildman–Crippen MR) is 63.4 cm³/mol. The van der Waals surface area contributed by atoms with E-state index in [-0.39, 0.29) is 24.5 Å². The maximum Gasteiger partial charge on any atom is 0.248 e. The number of hydrogen-bond acceptors (Lipinski definition) is 2. The first-order valence-corrected chi connectivity index (χ1v) is 6.83. The van der Waals surface area contributed by atoms with Gasteiger partial charge in [0.15, 0.2) is 0 Å². The first kappa shape index (κ1) is 13.2. The maximum absolute atomic E-state index is 13.2. The summed E-state index contributed by atoms with van der Waals surface area (Å²) in [6.45, 7) is 3.67. The van der Waals surface area contributed by atoms with Crippen LogP contribution in [0, 0.1) is 0 Å². The molecular weight excluding hydrogens is 224 g/mol. The highest BCUT2D eigenvalue weighted by molar-refractivity contribution is 5.00. The Morgan fingerprint density at radius 3 is 2.59 bits per heavy atom. The SMILES string of the molecule is CCCCC1NCCOC12CCC(F)(F)CC2. The summed E-state index contributed by atoms with van der Waals surface area (Å²) in [5.74, 6) is -2.47. The molecule has 2 fully saturated rings. The summed E-state index contributed by atoms with van der Waals surface area (Å²) in [5, 5.41) is 3.47. The summed E-state index contributed by atoms with van der Waals surface area (Å²) in [7, 11) is 0. The van der Waals surface area contributed by atoms with E-state index < -0.39 is 5.92 Å². The molecule has 0 aromatic rings. The summed E-state index contributed by atoms with van der Waals surface area (Å²) in [6.07, 6.45) is 4.29. The molecule has 1 atom stereocenters. The molecule has 2 rings (SSSR count). The molecule has 2 nitrogen and oxygen atoms in total. The minimum atomic E-state index is -2.47. The number of nitrogens with one attached hydrogen (secondary N) is 1. The molecule has 1 spiro atoms. The van der Waals surface area contributed by atoms with Crippen molar-refractivity contribution in [3.05, 3.63) is 0 Å². The maximum atomic E-state index is 13.2.